The van der Waals surface area contributed by atoms with Gasteiger partial charge in [0.25, 0.3) is 0 Å². The number of ether oxygens (including phenoxy) is 1. The highest BCUT2D eigenvalue weighted by Gasteiger charge is 2.35. The number of carbonyl (C=O) groups excluding carboxylic acids is 1. The molecule has 0 saturated carbocycles. The summed E-state index contributed by atoms with van der Waals surface area (Å²) in [5.74, 6) is 0. The number of aromatic nitrogens is 2. The van der Waals surface area contributed by atoms with Crippen LogP contribution in [0.4, 0.5) is 4.79 Å². The highest BCUT2D eigenvalue weighted by Crippen LogP contribution is 2.26. The fourth-order valence-corrected chi connectivity index (χ4v) is 3.55. The second kappa shape index (κ2) is 7.17. The Labute approximate surface area is 151 Å². The number of amides is 1. The van der Waals surface area contributed by atoms with E-state index in [-0.39, 0.29) is 18.7 Å². The van der Waals surface area contributed by atoms with Crippen LogP contribution in [-0.2, 0) is 17.8 Å². The number of aliphatic hydroxyl groups is 1. The first-order valence-electron chi connectivity index (χ1n) is 8.77. The van der Waals surface area contributed by atoms with Crippen molar-refractivity contribution in [2.24, 2.45) is 0 Å². The van der Waals surface area contributed by atoms with Crippen molar-refractivity contribution in [1.29, 1.82) is 0 Å². The topological polar surface area (TPSA) is 78.5 Å². The highest BCUT2D eigenvalue weighted by molar-refractivity contribution is 5.79. The van der Waals surface area contributed by atoms with E-state index in [0.717, 1.165) is 22.2 Å². The van der Waals surface area contributed by atoms with E-state index < -0.39 is 6.10 Å². The molecule has 0 bridgehead atoms. The Kier molecular flexibility index (Phi) is 4.58. The molecule has 3 heterocycles. The summed E-state index contributed by atoms with van der Waals surface area (Å²) in [6.45, 7) is 0.537. The fourth-order valence-electron chi connectivity index (χ4n) is 3.55. The maximum Gasteiger partial charge on any atom is 0.410 e. The van der Waals surface area contributed by atoms with E-state index in [2.05, 4.69) is 9.97 Å². The minimum atomic E-state index is -0.521. The van der Waals surface area contributed by atoms with E-state index in [1.165, 1.54) is 0 Å². The fraction of sp³-hybridized carbons (Fsp3) is 0.300. The molecule has 0 radical (unpaired) electrons. The van der Waals surface area contributed by atoms with Crippen molar-refractivity contribution < 1.29 is 14.6 Å². The number of H-pyrrole nitrogens is 1. The molecule has 1 amide bonds. The lowest BCUT2D eigenvalue weighted by Crippen LogP contribution is -2.37. The van der Waals surface area contributed by atoms with Gasteiger partial charge in [0.15, 0.2) is 0 Å². The summed E-state index contributed by atoms with van der Waals surface area (Å²) in [5, 5.41) is 11.1. The number of nitrogens with one attached hydrogen (secondary N) is 1. The molecule has 2 aromatic heterocycles. The van der Waals surface area contributed by atoms with Gasteiger partial charge < -0.3 is 19.7 Å². The van der Waals surface area contributed by atoms with E-state index in [9.17, 15) is 9.90 Å². The molecule has 1 fully saturated rings. The Hall–Kier alpha value is -2.86. The minimum absolute atomic E-state index is 0.0903. The highest BCUT2D eigenvalue weighted by atomic mass is 16.6. The normalized spacial score (nSPS) is 19.8. The zero-order valence-corrected chi connectivity index (χ0v) is 14.3. The number of aliphatic hydroxyl groups excluding tert-OH is 1. The molecule has 2 N–H and O–H groups in total. The number of aromatic amines is 1. The first-order chi connectivity index (χ1) is 12.7. The van der Waals surface area contributed by atoms with Gasteiger partial charge in [-0.2, -0.15) is 0 Å². The van der Waals surface area contributed by atoms with Crippen molar-refractivity contribution >= 4 is 17.1 Å². The molecule has 6 nitrogen and oxygen atoms in total. The summed E-state index contributed by atoms with van der Waals surface area (Å²) in [4.78, 5) is 21.6. The predicted octanol–water partition coefficient (Wildman–Crippen LogP) is 2.88. The van der Waals surface area contributed by atoms with Crippen LogP contribution in [0.3, 0.4) is 0 Å². The lowest BCUT2D eigenvalue weighted by Gasteiger charge is -2.23. The quantitative estimate of drug-likeness (QED) is 0.758. The SMILES string of the molecule is O=C(OCc1ccccc1)N1C[C@H](O)CC1Cc1c[nH]c2ncccc12. The van der Waals surface area contributed by atoms with Gasteiger partial charge in [0.1, 0.15) is 12.3 Å². The summed E-state index contributed by atoms with van der Waals surface area (Å²) in [6, 6.07) is 13.4. The summed E-state index contributed by atoms with van der Waals surface area (Å²) >= 11 is 0. The van der Waals surface area contributed by atoms with E-state index in [1.54, 1.807) is 11.1 Å². The third kappa shape index (κ3) is 3.41. The number of hydrogen-bond acceptors (Lipinski definition) is 4. The molecular formula is C20H21N3O3. The third-order valence-electron chi connectivity index (χ3n) is 4.82. The molecule has 1 aliphatic heterocycles. The van der Waals surface area contributed by atoms with Crippen molar-refractivity contribution in [2.75, 3.05) is 6.54 Å². The van der Waals surface area contributed by atoms with Crippen LogP contribution in [-0.4, -0.2) is 44.8 Å². The van der Waals surface area contributed by atoms with E-state index in [4.69, 9.17) is 4.74 Å². The van der Waals surface area contributed by atoms with Crippen molar-refractivity contribution in [1.82, 2.24) is 14.9 Å². The molecular weight excluding hydrogens is 330 g/mol. The summed E-state index contributed by atoms with van der Waals surface area (Å²) in [5.41, 5.74) is 2.87. The average Bonchev–Trinajstić information content (AvgIpc) is 3.24. The van der Waals surface area contributed by atoms with Crippen LogP contribution in [0.1, 0.15) is 17.5 Å². The van der Waals surface area contributed by atoms with Crippen LogP contribution in [0, 0.1) is 0 Å². The number of fused-ring (bicyclic) bond motifs is 1. The Bertz CT molecular complexity index is 893. The smallest absolute Gasteiger partial charge is 0.410 e. The van der Waals surface area contributed by atoms with Crippen molar-refractivity contribution in [2.45, 2.75) is 31.6 Å². The number of likely N-dealkylation sites (tertiary alicyclic amines) is 1. The van der Waals surface area contributed by atoms with Crippen molar-refractivity contribution in [3.05, 3.63) is 66.0 Å². The molecule has 1 aromatic carbocycles. The lowest BCUT2D eigenvalue weighted by molar-refractivity contribution is 0.0877. The molecule has 4 rings (SSSR count). The molecule has 3 aromatic rings. The van der Waals surface area contributed by atoms with Gasteiger partial charge in [-0.25, -0.2) is 9.78 Å². The average molecular weight is 351 g/mol. The van der Waals surface area contributed by atoms with E-state index in [0.29, 0.717) is 19.4 Å². The molecule has 6 heteroatoms. The molecule has 1 saturated heterocycles. The number of β-amino-alcohol motifs (C(OH)–C–C–N with tert-alkyl or cyclic N) is 1. The molecule has 1 aliphatic rings. The van der Waals surface area contributed by atoms with Crippen LogP contribution in [0.25, 0.3) is 11.0 Å². The number of carbonyl (C=O) groups is 1. The Morgan fingerprint density at radius 2 is 2.12 bits per heavy atom. The molecule has 2 atom stereocenters. The van der Waals surface area contributed by atoms with Crippen LogP contribution in [0.5, 0.6) is 0 Å². The standard InChI is InChI=1S/C20H21N3O3/c24-17-10-16(9-15-11-22-19-18(15)7-4-8-21-19)23(12-17)20(25)26-13-14-5-2-1-3-6-14/h1-8,11,16-17,24H,9-10,12-13H2,(H,21,22)/t16?,17-/m1/s1. The first kappa shape index (κ1) is 16.6. The Balaban J connectivity index is 1.45. The largest absolute Gasteiger partial charge is 0.445 e. The minimum Gasteiger partial charge on any atom is -0.445 e. The molecule has 134 valence electrons. The Morgan fingerprint density at radius 3 is 2.96 bits per heavy atom. The maximum absolute atomic E-state index is 12.5. The van der Waals surface area contributed by atoms with Crippen LogP contribution >= 0.6 is 0 Å². The van der Waals surface area contributed by atoms with Crippen LogP contribution < -0.4 is 0 Å². The van der Waals surface area contributed by atoms with Gasteiger partial charge in [-0.05, 0) is 36.1 Å². The number of nitrogens with zero attached hydrogens (tertiary/aromatic N) is 2. The zero-order valence-electron chi connectivity index (χ0n) is 14.3. The van der Waals surface area contributed by atoms with Gasteiger partial charge in [0.05, 0.1) is 12.6 Å². The van der Waals surface area contributed by atoms with Crippen molar-refractivity contribution in [3.63, 3.8) is 0 Å². The lowest BCUT2D eigenvalue weighted by atomic mass is 10.0. The second-order valence-electron chi connectivity index (χ2n) is 6.65. The van der Waals surface area contributed by atoms with Gasteiger partial charge in [0, 0.05) is 23.8 Å². The number of benzene rings is 1. The summed E-state index contributed by atoms with van der Waals surface area (Å²) in [6.07, 6.45) is 3.97. The second-order valence-corrected chi connectivity index (χ2v) is 6.65. The number of hydrogen-bond donors (Lipinski definition) is 2. The Morgan fingerprint density at radius 1 is 1.27 bits per heavy atom. The van der Waals surface area contributed by atoms with E-state index in [1.807, 2.05) is 48.7 Å². The predicted molar refractivity (Wildman–Crippen MR) is 97.5 cm³/mol. The third-order valence-corrected chi connectivity index (χ3v) is 4.82. The first-order valence-corrected chi connectivity index (χ1v) is 8.77. The maximum atomic E-state index is 12.5. The van der Waals surface area contributed by atoms with Gasteiger partial charge in [-0.15, -0.1) is 0 Å². The number of rotatable bonds is 4. The summed E-state index contributed by atoms with van der Waals surface area (Å²) < 4.78 is 5.45. The molecule has 26 heavy (non-hydrogen) atoms. The van der Waals surface area contributed by atoms with Crippen LogP contribution in [0.15, 0.2) is 54.9 Å². The van der Waals surface area contributed by atoms with Gasteiger partial charge in [-0.1, -0.05) is 30.3 Å². The summed E-state index contributed by atoms with van der Waals surface area (Å²) in [7, 11) is 0. The van der Waals surface area contributed by atoms with Gasteiger partial charge in [0.2, 0.25) is 0 Å². The molecule has 0 aliphatic carbocycles. The molecule has 0 spiro atoms. The van der Waals surface area contributed by atoms with Gasteiger partial charge in [-0.3, -0.25) is 0 Å². The monoisotopic (exact) mass is 351 g/mol. The zero-order chi connectivity index (χ0) is 17.9. The molecule has 1 unspecified atom stereocenters. The number of pyridine rings is 1. The van der Waals surface area contributed by atoms with Crippen molar-refractivity contribution in [3.8, 4) is 0 Å². The van der Waals surface area contributed by atoms with E-state index >= 15 is 0 Å². The van der Waals surface area contributed by atoms with Gasteiger partial charge >= 0.3 is 6.09 Å². The van der Waals surface area contributed by atoms with Crippen LogP contribution in [0.2, 0.25) is 0 Å².